The average molecular weight is 337 g/mol. The Morgan fingerprint density at radius 1 is 1.45 bits per heavy atom. The van der Waals surface area contributed by atoms with E-state index in [4.69, 9.17) is 27.9 Å². The van der Waals surface area contributed by atoms with Crippen LogP contribution in [0.5, 0.6) is 0 Å². The Morgan fingerprint density at radius 3 is 2.65 bits per heavy atom. The Bertz CT molecular complexity index is 529. The molecule has 1 heterocycles. The van der Waals surface area contributed by atoms with Crippen molar-refractivity contribution in [2.24, 2.45) is 0 Å². The molecule has 1 amide bonds. The Kier molecular flexibility index (Phi) is 4.88. The summed E-state index contributed by atoms with van der Waals surface area (Å²) >= 11 is 12.5. The fourth-order valence-corrected chi connectivity index (χ4v) is 2.74. The van der Waals surface area contributed by atoms with Crippen LogP contribution in [0.3, 0.4) is 0 Å². The zero-order valence-electron chi connectivity index (χ0n) is 10.9. The molecule has 0 saturated heterocycles. The van der Waals surface area contributed by atoms with Gasteiger partial charge in [0.2, 0.25) is 0 Å². The number of rotatable bonds is 6. The molecule has 1 aliphatic rings. The van der Waals surface area contributed by atoms with Gasteiger partial charge < -0.3 is 10.1 Å². The molecular formula is C12H14Cl2N2O3S. The highest BCUT2D eigenvalue weighted by Gasteiger charge is 2.53. The van der Waals surface area contributed by atoms with E-state index in [0.29, 0.717) is 19.4 Å². The monoisotopic (exact) mass is 336 g/mol. The Morgan fingerprint density at radius 2 is 2.15 bits per heavy atom. The number of unbranched alkanes of at least 4 members (excludes halogenated alkanes) is 1. The van der Waals surface area contributed by atoms with Crippen molar-refractivity contribution in [3.8, 4) is 0 Å². The van der Waals surface area contributed by atoms with Crippen molar-refractivity contribution < 1.29 is 14.3 Å². The van der Waals surface area contributed by atoms with Crippen LogP contribution in [0.25, 0.3) is 0 Å². The SMILES string of the molecule is CCCCOC(=O)C1(NC(=O)c2snc(Cl)c2Cl)CC1. The topological polar surface area (TPSA) is 68.3 Å². The quantitative estimate of drug-likeness (QED) is 0.640. The molecule has 0 aliphatic heterocycles. The van der Waals surface area contributed by atoms with Gasteiger partial charge in [-0.05, 0) is 30.8 Å². The molecule has 0 spiro atoms. The van der Waals surface area contributed by atoms with Gasteiger partial charge in [-0.2, -0.15) is 4.37 Å². The smallest absolute Gasteiger partial charge is 0.331 e. The van der Waals surface area contributed by atoms with E-state index in [-0.39, 0.29) is 21.0 Å². The van der Waals surface area contributed by atoms with Crippen molar-refractivity contribution in [3.05, 3.63) is 15.1 Å². The lowest BCUT2D eigenvalue weighted by molar-refractivity contribution is -0.147. The maximum Gasteiger partial charge on any atom is 0.331 e. The van der Waals surface area contributed by atoms with Crippen molar-refractivity contribution in [1.82, 2.24) is 9.69 Å². The highest BCUT2D eigenvalue weighted by atomic mass is 35.5. The van der Waals surface area contributed by atoms with Gasteiger partial charge >= 0.3 is 5.97 Å². The lowest BCUT2D eigenvalue weighted by Gasteiger charge is -2.15. The molecular weight excluding hydrogens is 323 g/mol. The van der Waals surface area contributed by atoms with E-state index in [2.05, 4.69) is 9.69 Å². The summed E-state index contributed by atoms with van der Waals surface area (Å²) in [7, 11) is 0. The van der Waals surface area contributed by atoms with Crippen LogP contribution >= 0.6 is 34.7 Å². The summed E-state index contributed by atoms with van der Waals surface area (Å²) in [5, 5.41) is 2.89. The minimum atomic E-state index is -0.898. The molecule has 8 heteroatoms. The van der Waals surface area contributed by atoms with Crippen LogP contribution in [0.2, 0.25) is 10.2 Å². The Hall–Kier alpha value is -0.850. The maximum atomic E-state index is 12.1. The number of nitrogens with one attached hydrogen (secondary N) is 1. The molecule has 1 aliphatic carbocycles. The van der Waals surface area contributed by atoms with Crippen LogP contribution in [0.1, 0.15) is 42.3 Å². The maximum absolute atomic E-state index is 12.1. The zero-order chi connectivity index (χ0) is 14.8. The predicted molar refractivity (Wildman–Crippen MR) is 77.4 cm³/mol. The number of halogens is 2. The molecule has 1 fully saturated rings. The summed E-state index contributed by atoms with van der Waals surface area (Å²) in [6.45, 7) is 2.39. The van der Waals surface area contributed by atoms with Crippen molar-refractivity contribution in [3.63, 3.8) is 0 Å². The number of aromatic nitrogens is 1. The second kappa shape index (κ2) is 6.28. The van der Waals surface area contributed by atoms with Crippen molar-refractivity contribution in [2.75, 3.05) is 6.61 Å². The van der Waals surface area contributed by atoms with Crippen molar-refractivity contribution in [1.29, 1.82) is 0 Å². The van der Waals surface area contributed by atoms with Crippen molar-refractivity contribution >= 4 is 46.6 Å². The normalized spacial score (nSPS) is 15.8. The van der Waals surface area contributed by atoms with E-state index in [0.717, 1.165) is 24.4 Å². The lowest BCUT2D eigenvalue weighted by Crippen LogP contribution is -2.44. The predicted octanol–water partition coefficient (Wildman–Crippen LogP) is 3.06. The standard InChI is InChI=1S/C12H14Cl2N2O3S/c1-2-3-6-19-11(18)12(4-5-12)15-10(17)8-7(13)9(14)16-20-8/h2-6H2,1H3,(H,15,17). The Labute approximate surface area is 130 Å². The summed E-state index contributed by atoms with van der Waals surface area (Å²) in [6.07, 6.45) is 2.91. The van der Waals surface area contributed by atoms with Crippen LogP contribution < -0.4 is 5.32 Å². The summed E-state index contributed by atoms with van der Waals surface area (Å²) in [5.41, 5.74) is -0.898. The van der Waals surface area contributed by atoms with E-state index >= 15 is 0 Å². The number of hydrogen-bond donors (Lipinski definition) is 1. The third-order valence-corrected chi connectivity index (χ3v) is 4.82. The van der Waals surface area contributed by atoms with Gasteiger partial charge in [-0.15, -0.1) is 0 Å². The fraction of sp³-hybridized carbons (Fsp3) is 0.583. The van der Waals surface area contributed by atoms with E-state index in [1.165, 1.54) is 0 Å². The molecule has 0 atom stereocenters. The minimum Gasteiger partial charge on any atom is -0.464 e. The van der Waals surface area contributed by atoms with E-state index < -0.39 is 11.4 Å². The number of ether oxygens (including phenoxy) is 1. The molecule has 0 aromatic carbocycles. The molecule has 110 valence electrons. The molecule has 20 heavy (non-hydrogen) atoms. The third kappa shape index (κ3) is 3.24. The molecule has 1 N–H and O–H groups in total. The van der Waals surface area contributed by atoms with E-state index in [9.17, 15) is 9.59 Å². The summed E-state index contributed by atoms with van der Waals surface area (Å²) in [6, 6.07) is 0. The highest BCUT2D eigenvalue weighted by molar-refractivity contribution is 7.09. The first-order valence-electron chi connectivity index (χ1n) is 6.30. The summed E-state index contributed by atoms with van der Waals surface area (Å²) in [5.74, 6) is -0.824. The van der Waals surface area contributed by atoms with Crippen molar-refractivity contribution in [2.45, 2.75) is 38.1 Å². The molecule has 0 bridgehead atoms. The highest BCUT2D eigenvalue weighted by Crippen LogP contribution is 2.38. The lowest BCUT2D eigenvalue weighted by atomic mass is 10.2. The number of amides is 1. The molecule has 1 saturated carbocycles. The molecule has 0 unspecified atom stereocenters. The summed E-state index contributed by atoms with van der Waals surface area (Å²) in [4.78, 5) is 24.2. The van der Waals surface area contributed by atoms with Gasteiger partial charge in [0.25, 0.3) is 5.91 Å². The largest absolute Gasteiger partial charge is 0.464 e. The van der Waals surface area contributed by atoms with Gasteiger partial charge in [-0.1, -0.05) is 36.5 Å². The van der Waals surface area contributed by atoms with Gasteiger partial charge in [0, 0.05) is 0 Å². The zero-order valence-corrected chi connectivity index (χ0v) is 13.2. The molecule has 1 aromatic rings. The number of esters is 1. The number of nitrogens with zero attached hydrogens (tertiary/aromatic N) is 1. The number of hydrogen-bond acceptors (Lipinski definition) is 5. The van der Waals surface area contributed by atoms with E-state index in [1.807, 2.05) is 6.92 Å². The van der Waals surface area contributed by atoms with E-state index in [1.54, 1.807) is 0 Å². The van der Waals surface area contributed by atoms with Crippen LogP contribution in [0, 0.1) is 0 Å². The molecule has 5 nitrogen and oxygen atoms in total. The summed E-state index contributed by atoms with van der Waals surface area (Å²) < 4.78 is 8.95. The fourth-order valence-electron chi connectivity index (χ4n) is 1.63. The number of carbonyl (C=O) groups is 2. The molecule has 1 aromatic heterocycles. The van der Waals surface area contributed by atoms with Crippen LogP contribution in [0.15, 0.2) is 0 Å². The Balaban J connectivity index is 1.97. The number of carbonyl (C=O) groups excluding carboxylic acids is 2. The van der Waals surface area contributed by atoms with Gasteiger partial charge in [-0.25, -0.2) is 4.79 Å². The average Bonchev–Trinajstić information content (AvgIpc) is 3.12. The first-order chi connectivity index (χ1) is 9.50. The molecule has 0 radical (unpaired) electrons. The minimum absolute atomic E-state index is 0.0946. The van der Waals surface area contributed by atoms with Gasteiger partial charge in [0.15, 0.2) is 5.15 Å². The van der Waals surface area contributed by atoms with Crippen LogP contribution in [-0.4, -0.2) is 28.4 Å². The van der Waals surface area contributed by atoms with Crippen LogP contribution in [0.4, 0.5) is 0 Å². The van der Waals surface area contributed by atoms with Gasteiger partial charge in [0.1, 0.15) is 15.4 Å². The van der Waals surface area contributed by atoms with Gasteiger partial charge in [-0.3, -0.25) is 4.79 Å². The second-order valence-electron chi connectivity index (χ2n) is 4.64. The second-order valence-corrected chi connectivity index (χ2v) is 6.15. The first-order valence-corrected chi connectivity index (χ1v) is 7.83. The van der Waals surface area contributed by atoms with Crippen LogP contribution in [-0.2, 0) is 9.53 Å². The first kappa shape index (κ1) is 15.5. The van der Waals surface area contributed by atoms with Gasteiger partial charge in [0.05, 0.1) is 6.61 Å². The molecule has 2 rings (SSSR count). The third-order valence-electron chi connectivity index (χ3n) is 3.03.